The Labute approximate surface area is 199 Å². The van der Waals surface area contributed by atoms with E-state index in [9.17, 15) is 9.59 Å². The topological polar surface area (TPSA) is 64.7 Å². The van der Waals surface area contributed by atoms with E-state index in [2.05, 4.69) is 44.7 Å². The summed E-state index contributed by atoms with van der Waals surface area (Å²) in [5.74, 6) is -0.0708. The average Bonchev–Trinajstić information content (AvgIpc) is 2.81. The van der Waals surface area contributed by atoms with Crippen molar-refractivity contribution in [3.05, 3.63) is 77.3 Å². The van der Waals surface area contributed by atoms with Gasteiger partial charge in [0, 0.05) is 26.2 Å². The van der Waals surface area contributed by atoms with Gasteiger partial charge in [-0.05, 0) is 35.4 Å². The lowest BCUT2D eigenvalue weighted by Crippen LogP contribution is -2.51. The number of halogens is 1. The van der Waals surface area contributed by atoms with Crippen LogP contribution in [-0.4, -0.2) is 60.9 Å². The molecular weight excluding hydrogens is 436 g/mol. The fourth-order valence-corrected chi connectivity index (χ4v) is 4.44. The van der Waals surface area contributed by atoms with Crippen LogP contribution in [0.5, 0.6) is 0 Å². The molecule has 0 unspecified atom stereocenters. The molecule has 0 bridgehead atoms. The molecular formula is C26H29ClN4O2. The molecule has 2 N–H and O–H groups in total. The fourth-order valence-electron chi connectivity index (χ4n) is 4.26. The van der Waals surface area contributed by atoms with Crippen LogP contribution in [-0.2, 0) is 9.59 Å². The Morgan fingerprint density at radius 2 is 1.45 bits per heavy atom. The molecule has 172 valence electrons. The van der Waals surface area contributed by atoms with Gasteiger partial charge < -0.3 is 10.6 Å². The molecule has 0 spiro atoms. The Balaban J connectivity index is 1.23. The Morgan fingerprint density at radius 3 is 2.18 bits per heavy atom. The Kier molecular flexibility index (Phi) is 7.60. The monoisotopic (exact) mass is 464 g/mol. The number of hydrogen-bond donors (Lipinski definition) is 2. The molecule has 1 atom stereocenters. The molecule has 33 heavy (non-hydrogen) atoms. The first kappa shape index (κ1) is 23.2. The van der Waals surface area contributed by atoms with Crippen LogP contribution < -0.4 is 10.6 Å². The van der Waals surface area contributed by atoms with Gasteiger partial charge in [0.2, 0.25) is 11.8 Å². The van der Waals surface area contributed by atoms with Gasteiger partial charge in [-0.1, -0.05) is 66.2 Å². The molecule has 0 saturated carbocycles. The van der Waals surface area contributed by atoms with Gasteiger partial charge in [-0.15, -0.1) is 0 Å². The van der Waals surface area contributed by atoms with E-state index in [1.807, 2.05) is 37.3 Å². The number of piperazine rings is 1. The number of carbonyl (C=O) groups is 2. The Bertz CT molecular complexity index is 1120. The zero-order valence-corrected chi connectivity index (χ0v) is 19.5. The lowest BCUT2D eigenvalue weighted by molar-refractivity contribution is -0.124. The highest BCUT2D eigenvalue weighted by molar-refractivity contribution is 6.33. The van der Waals surface area contributed by atoms with Crippen molar-refractivity contribution in [1.82, 2.24) is 15.1 Å². The molecule has 0 radical (unpaired) electrons. The number of para-hydroxylation sites is 1. The first-order valence-electron chi connectivity index (χ1n) is 11.3. The number of hydrogen-bond acceptors (Lipinski definition) is 4. The number of amides is 2. The minimum atomic E-state index is -0.0850. The van der Waals surface area contributed by atoms with Gasteiger partial charge in [0.15, 0.2) is 0 Å². The average molecular weight is 465 g/mol. The molecule has 1 aliphatic rings. The second-order valence-corrected chi connectivity index (χ2v) is 8.85. The highest BCUT2D eigenvalue weighted by Gasteiger charge is 2.22. The van der Waals surface area contributed by atoms with E-state index in [0.717, 1.165) is 37.1 Å². The zero-order valence-electron chi connectivity index (χ0n) is 18.8. The van der Waals surface area contributed by atoms with Gasteiger partial charge in [-0.3, -0.25) is 19.4 Å². The third-order valence-corrected chi connectivity index (χ3v) is 6.34. The van der Waals surface area contributed by atoms with Crippen molar-refractivity contribution in [3.8, 4) is 0 Å². The van der Waals surface area contributed by atoms with E-state index in [-0.39, 0.29) is 17.9 Å². The zero-order chi connectivity index (χ0) is 23.2. The van der Waals surface area contributed by atoms with Crippen LogP contribution in [0.15, 0.2) is 66.7 Å². The minimum absolute atomic E-state index is 0.0142. The van der Waals surface area contributed by atoms with E-state index in [0.29, 0.717) is 23.8 Å². The van der Waals surface area contributed by atoms with Crippen molar-refractivity contribution in [2.45, 2.75) is 13.0 Å². The quantitative estimate of drug-likeness (QED) is 0.556. The normalized spacial score (nSPS) is 15.8. The van der Waals surface area contributed by atoms with E-state index < -0.39 is 0 Å². The summed E-state index contributed by atoms with van der Waals surface area (Å²) in [7, 11) is 0. The predicted molar refractivity (Wildman–Crippen MR) is 133 cm³/mol. The molecule has 3 aromatic carbocycles. The van der Waals surface area contributed by atoms with Gasteiger partial charge >= 0.3 is 0 Å². The smallest absolute Gasteiger partial charge is 0.238 e. The summed E-state index contributed by atoms with van der Waals surface area (Å²) in [4.78, 5) is 29.3. The van der Waals surface area contributed by atoms with Gasteiger partial charge in [0.25, 0.3) is 0 Å². The number of fused-ring (bicyclic) bond motifs is 1. The van der Waals surface area contributed by atoms with Gasteiger partial charge in [0.1, 0.15) is 0 Å². The summed E-state index contributed by atoms with van der Waals surface area (Å²) >= 11 is 6.11. The second-order valence-electron chi connectivity index (χ2n) is 8.44. The number of rotatable bonds is 7. The maximum Gasteiger partial charge on any atom is 0.238 e. The van der Waals surface area contributed by atoms with Crippen LogP contribution >= 0.6 is 11.6 Å². The van der Waals surface area contributed by atoms with Crippen LogP contribution in [0.1, 0.15) is 18.5 Å². The number of anilines is 1. The number of benzene rings is 3. The molecule has 1 fully saturated rings. The first-order chi connectivity index (χ1) is 16.0. The third-order valence-electron chi connectivity index (χ3n) is 6.01. The molecule has 1 saturated heterocycles. The molecule has 0 aromatic heterocycles. The van der Waals surface area contributed by atoms with Crippen LogP contribution in [0.25, 0.3) is 10.8 Å². The molecule has 6 nitrogen and oxygen atoms in total. The summed E-state index contributed by atoms with van der Waals surface area (Å²) in [6, 6.07) is 21.5. The van der Waals surface area contributed by atoms with Crippen molar-refractivity contribution in [2.24, 2.45) is 0 Å². The van der Waals surface area contributed by atoms with E-state index in [1.54, 1.807) is 12.1 Å². The summed E-state index contributed by atoms with van der Waals surface area (Å²) in [6.07, 6.45) is 0. The van der Waals surface area contributed by atoms with E-state index in [4.69, 9.17) is 11.6 Å². The number of nitrogens with zero attached hydrogens (tertiary/aromatic N) is 2. The fraction of sp³-hybridized carbons (Fsp3) is 0.308. The van der Waals surface area contributed by atoms with Crippen LogP contribution in [0.3, 0.4) is 0 Å². The lowest BCUT2D eigenvalue weighted by atomic mass is 10.00. The van der Waals surface area contributed by atoms with Gasteiger partial charge in [-0.2, -0.15) is 0 Å². The number of nitrogens with one attached hydrogen (secondary N) is 2. The van der Waals surface area contributed by atoms with Crippen LogP contribution in [0.2, 0.25) is 5.02 Å². The maximum absolute atomic E-state index is 12.7. The third kappa shape index (κ3) is 6.11. The summed E-state index contributed by atoms with van der Waals surface area (Å²) in [5.41, 5.74) is 1.75. The standard InChI is InChI=1S/C26H29ClN4O2/c1-19(21-10-6-8-20-7-2-3-9-22(20)21)28-25(32)17-30-13-15-31(16-14-30)18-26(33)29-24-12-5-4-11-23(24)27/h2-12,19H,13-18H2,1H3,(H,28,32)(H,29,33)/t19-/m1/s1. The van der Waals surface area contributed by atoms with Crippen molar-refractivity contribution < 1.29 is 9.59 Å². The first-order valence-corrected chi connectivity index (χ1v) is 11.6. The molecule has 2 amide bonds. The molecule has 1 aliphatic heterocycles. The summed E-state index contributed by atoms with van der Waals surface area (Å²) < 4.78 is 0. The van der Waals surface area contributed by atoms with Crippen molar-refractivity contribution in [1.29, 1.82) is 0 Å². The van der Waals surface area contributed by atoms with Crippen LogP contribution in [0.4, 0.5) is 5.69 Å². The summed E-state index contributed by atoms with van der Waals surface area (Å²) in [6.45, 7) is 5.66. The predicted octanol–water partition coefficient (Wildman–Crippen LogP) is 3.93. The van der Waals surface area contributed by atoms with Crippen molar-refractivity contribution in [2.75, 3.05) is 44.6 Å². The second kappa shape index (κ2) is 10.8. The van der Waals surface area contributed by atoms with Gasteiger partial charge in [0.05, 0.1) is 29.8 Å². The highest BCUT2D eigenvalue weighted by atomic mass is 35.5. The molecule has 4 rings (SSSR count). The molecule has 3 aromatic rings. The maximum atomic E-state index is 12.7. The molecule has 7 heteroatoms. The molecule has 1 heterocycles. The lowest BCUT2D eigenvalue weighted by Gasteiger charge is -2.34. The Morgan fingerprint density at radius 1 is 0.848 bits per heavy atom. The Hall–Kier alpha value is -2.93. The van der Waals surface area contributed by atoms with Crippen molar-refractivity contribution >= 4 is 39.9 Å². The highest BCUT2D eigenvalue weighted by Crippen LogP contribution is 2.24. The summed E-state index contributed by atoms with van der Waals surface area (Å²) in [5, 5.41) is 8.86. The number of carbonyl (C=O) groups excluding carboxylic acids is 2. The molecule has 0 aliphatic carbocycles. The minimum Gasteiger partial charge on any atom is -0.348 e. The van der Waals surface area contributed by atoms with E-state index in [1.165, 1.54) is 5.39 Å². The largest absolute Gasteiger partial charge is 0.348 e. The van der Waals surface area contributed by atoms with Gasteiger partial charge in [-0.25, -0.2) is 0 Å². The van der Waals surface area contributed by atoms with E-state index >= 15 is 0 Å². The SMILES string of the molecule is C[C@@H](NC(=O)CN1CCN(CC(=O)Nc2ccccc2Cl)CC1)c1cccc2ccccc12. The van der Waals surface area contributed by atoms with Crippen molar-refractivity contribution in [3.63, 3.8) is 0 Å². The van der Waals surface area contributed by atoms with Crippen LogP contribution in [0, 0.1) is 0 Å².